The Labute approximate surface area is 93.5 Å². The summed E-state index contributed by atoms with van der Waals surface area (Å²) in [7, 11) is 0. The number of aromatic nitrogens is 3. The van der Waals surface area contributed by atoms with Crippen LogP contribution in [0.25, 0.3) is 5.82 Å². The van der Waals surface area contributed by atoms with E-state index in [2.05, 4.69) is 26.0 Å². The molecule has 0 saturated heterocycles. The van der Waals surface area contributed by atoms with E-state index in [1.807, 2.05) is 0 Å². The molecule has 0 unspecified atom stereocenters. The molecule has 15 heavy (non-hydrogen) atoms. The van der Waals surface area contributed by atoms with Crippen molar-refractivity contribution in [1.82, 2.24) is 14.8 Å². The summed E-state index contributed by atoms with van der Waals surface area (Å²) < 4.78 is 15.7. The van der Waals surface area contributed by atoms with E-state index in [4.69, 9.17) is 5.11 Å². The average molecular weight is 272 g/mol. The summed E-state index contributed by atoms with van der Waals surface area (Å²) in [6.07, 6.45) is 4.55. The average Bonchev–Trinajstić information content (AvgIpc) is 2.65. The van der Waals surface area contributed by atoms with E-state index < -0.39 is 5.82 Å². The topological polar surface area (TPSA) is 50.9 Å². The molecule has 0 bridgehead atoms. The SMILES string of the molecule is OCc1ccnc(-n2cc(Br)cn2)c1F. The van der Waals surface area contributed by atoms with Crippen molar-refractivity contribution in [2.75, 3.05) is 0 Å². The van der Waals surface area contributed by atoms with Crippen LogP contribution in [0.4, 0.5) is 4.39 Å². The second-order valence-electron chi connectivity index (χ2n) is 2.87. The van der Waals surface area contributed by atoms with E-state index in [9.17, 15) is 4.39 Å². The van der Waals surface area contributed by atoms with Crippen molar-refractivity contribution in [3.05, 3.63) is 40.5 Å². The number of nitrogens with zero attached hydrogens (tertiary/aromatic N) is 3. The summed E-state index contributed by atoms with van der Waals surface area (Å²) >= 11 is 3.21. The molecule has 2 aromatic heterocycles. The summed E-state index contributed by atoms with van der Waals surface area (Å²) in [6, 6.07) is 1.43. The number of hydrogen-bond donors (Lipinski definition) is 1. The van der Waals surface area contributed by atoms with Gasteiger partial charge in [0.15, 0.2) is 11.6 Å². The highest BCUT2D eigenvalue weighted by atomic mass is 79.9. The first kappa shape index (κ1) is 10.3. The molecule has 6 heteroatoms. The van der Waals surface area contributed by atoms with Crippen molar-refractivity contribution in [2.24, 2.45) is 0 Å². The van der Waals surface area contributed by atoms with Crippen LogP contribution in [0, 0.1) is 5.82 Å². The number of rotatable bonds is 2. The Morgan fingerprint density at radius 3 is 2.93 bits per heavy atom. The normalized spacial score (nSPS) is 10.6. The van der Waals surface area contributed by atoms with Gasteiger partial charge < -0.3 is 5.11 Å². The van der Waals surface area contributed by atoms with Crippen LogP contribution in [0.15, 0.2) is 29.1 Å². The standard InChI is InChI=1S/C9H7BrFN3O/c10-7-3-13-14(4-7)9-8(11)6(5-15)1-2-12-9/h1-4,15H,5H2. The van der Waals surface area contributed by atoms with Crippen molar-refractivity contribution in [2.45, 2.75) is 6.61 Å². The van der Waals surface area contributed by atoms with Gasteiger partial charge in [0.05, 0.1) is 17.3 Å². The van der Waals surface area contributed by atoms with Crippen LogP contribution < -0.4 is 0 Å². The molecule has 2 rings (SSSR count). The Balaban J connectivity index is 2.53. The van der Waals surface area contributed by atoms with E-state index in [1.54, 1.807) is 6.20 Å². The molecular weight excluding hydrogens is 265 g/mol. The molecule has 0 fully saturated rings. The Hall–Kier alpha value is -1.27. The van der Waals surface area contributed by atoms with Gasteiger partial charge in [-0.2, -0.15) is 5.10 Å². The largest absolute Gasteiger partial charge is 0.392 e. The lowest BCUT2D eigenvalue weighted by Gasteiger charge is -2.04. The van der Waals surface area contributed by atoms with Crippen molar-refractivity contribution >= 4 is 15.9 Å². The Morgan fingerprint density at radius 2 is 2.33 bits per heavy atom. The third-order valence-electron chi connectivity index (χ3n) is 1.89. The molecule has 78 valence electrons. The van der Waals surface area contributed by atoms with Gasteiger partial charge in [0.1, 0.15) is 0 Å². The molecule has 2 heterocycles. The molecule has 0 atom stereocenters. The molecule has 0 spiro atoms. The predicted octanol–water partition coefficient (Wildman–Crippen LogP) is 1.66. The zero-order valence-corrected chi connectivity index (χ0v) is 9.15. The van der Waals surface area contributed by atoms with Crippen LogP contribution in [-0.2, 0) is 6.61 Å². The number of halogens is 2. The molecule has 0 saturated carbocycles. The number of hydrogen-bond acceptors (Lipinski definition) is 3. The fraction of sp³-hybridized carbons (Fsp3) is 0.111. The summed E-state index contributed by atoms with van der Waals surface area (Å²) in [6.45, 7) is -0.357. The van der Waals surface area contributed by atoms with E-state index in [0.29, 0.717) is 0 Å². The molecule has 0 amide bonds. The van der Waals surface area contributed by atoms with Gasteiger partial charge in [0.25, 0.3) is 0 Å². The highest BCUT2D eigenvalue weighted by Crippen LogP contribution is 2.16. The van der Waals surface area contributed by atoms with Crippen LogP contribution in [0.2, 0.25) is 0 Å². The Kier molecular flexibility index (Phi) is 2.79. The maximum absolute atomic E-state index is 13.7. The van der Waals surface area contributed by atoms with Crippen LogP contribution in [-0.4, -0.2) is 19.9 Å². The summed E-state index contributed by atoms with van der Waals surface area (Å²) in [5.41, 5.74) is 0.201. The number of aliphatic hydroxyl groups is 1. The van der Waals surface area contributed by atoms with Gasteiger partial charge in [-0.25, -0.2) is 14.1 Å². The van der Waals surface area contributed by atoms with E-state index in [0.717, 1.165) is 4.47 Å². The summed E-state index contributed by atoms with van der Waals surface area (Å²) in [5, 5.41) is 12.8. The summed E-state index contributed by atoms with van der Waals surface area (Å²) in [4.78, 5) is 3.86. The van der Waals surface area contributed by atoms with Gasteiger partial charge in [-0.15, -0.1) is 0 Å². The Bertz CT molecular complexity index is 486. The monoisotopic (exact) mass is 271 g/mol. The van der Waals surface area contributed by atoms with E-state index in [-0.39, 0.29) is 18.0 Å². The lowest BCUT2D eigenvalue weighted by Crippen LogP contribution is -2.04. The fourth-order valence-electron chi connectivity index (χ4n) is 1.17. The minimum atomic E-state index is -0.560. The number of pyridine rings is 1. The molecule has 0 aliphatic carbocycles. The van der Waals surface area contributed by atoms with Gasteiger partial charge in [-0.3, -0.25) is 0 Å². The zero-order valence-electron chi connectivity index (χ0n) is 7.56. The van der Waals surface area contributed by atoms with Gasteiger partial charge in [0, 0.05) is 18.0 Å². The molecule has 4 nitrogen and oxygen atoms in total. The molecule has 0 radical (unpaired) electrons. The van der Waals surface area contributed by atoms with Crippen molar-refractivity contribution in [3.63, 3.8) is 0 Å². The maximum atomic E-state index is 13.7. The predicted molar refractivity (Wildman–Crippen MR) is 54.9 cm³/mol. The first-order valence-corrected chi connectivity index (χ1v) is 4.96. The van der Waals surface area contributed by atoms with Crippen molar-refractivity contribution in [3.8, 4) is 5.82 Å². The minimum Gasteiger partial charge on any atom is -0.392 e. The zero-order chi connectivity index (χ0) is 10.8. The molecular formula is C9H7BrFN3O. The first-order valence-electron chi connectivity index (χ1n) is 4.17. The molecule has 1 N–H and O–H groups in total. The maximum Gasteiger partial charge on any atom is 0.190 e. The molecule has 0 aliphatic rings. The van der Waals surface area contributed by atoms with Crippen LogP contribution in [0.3, 0.4) is 0 Å². The van der Waals surface area contributed by atoms with Crippen molar-refractivity contribution < 1.29 is 9.50 Å². The first-order chi connectivity index (χ1) is 7.22. The lowest BCUT2D eigenvalue weighted by atomic mass is 10.2. The van der Waals surface area contributed by atoms with Crippen LogP contribution in [0.1, 0.15) is 5.56 Å². The minimum absolute atomic E-state index is 0.0762. The quantitative estimate of drug-likeness (QED) is 0.904. The third kappa shape index (κ3) is 1.91. The highest BCUT2D eigenvalue weighted by molar-refractivity contribution is 9.10. The number of aliphatic hydroxyl groups excluding tert-OH is 1. The van der Waals surface area contributed by atoms with Crippen LogP contribution >= 0.6 is 15.9 Å². The van der Waals surface area contributed by atoms with Gasteiger partial charge in [-0.1, -0.05) is 0 Å². The van der Waals surface area contributed by atoms with E-state index >= 15 is 0 Å². The van der Waals surface area contributed by atoms with Gasteiger partial charge in [-0.05, 0) is 22.0 Å². The second-order valence-corrected chi connectivity index (χ2v) is 3.78. The smallest absolute Gasteiger partial charge is 0.190 e. The third-order valence-corrected chi connectivity index (χ3v) is 2.30. The molecule has 2 aromatic rings. The Morgan fingerprint density at radius 1 is 1.53 bits per heavy atom. The second kappa shape index (κ2) is 4.08. The molecule has 0 aromatic carbocycles. The molecule has 0 aliphatic heterocycles. The summed E-state index contributed by atoms with van der Waals surface area (Å²) in [5.74, 6) is -0.483. The highest BCUT2D eigenvalue weighted by Gasteiger charge is 2.11. The van der Waals surface area contributed by atoms with Crippen molar-refractivity contribution in [1.29, 1.82) is 0 Å². The fourth-order valence-corrected chi connectivity index (χ4v) is 1.46. The van der Waals surface area contributed by atoms with Gasteiger partial charge in [0.2, 0.25) is 0 Å². The van der Waals surface area contributed by atoms with Crippen LogP contribution in [0.5, 0.6) is 0 Å². The van der Waals surface area contributed by atoms with E-state index in [1.165, 1.54) is 23.1 Å². The van der Waals surface area contributed by atoms with Gasteiger partial charge >= 0.3 is 0 Å². The lowest BCUT2D eigenvalue weighted by molar-refractivity contribution is 0.275.